The van der Waals surface area contributed by atoms with E-state index in [0.29, 0.717) is 4.32 Å². The summed E-state index contributed by atoms with van der Waals surface area (Å²) in [6, 6.07) is 0. The molecule has 0 aromatic carbocycles. The summed E-state index contributed by atoms with van der Waals surface area (Å²) in [6.07, 6.45) is 17.9. The van der Waals surface area contributed by atoms with Crippen LogP contribution in [-0.2, 0) is 0 Å². The molecule has 4 heteroatoms. The summed E-state index contributed by atoms with van der Waals surface area (Å²) in [6.45, 7) is 0.982. The molecule has 0 amide bonds. The summed E-state index contributed by atoms with van der Waals surface area (Å²) in [5, 5.41) is 3.08. The van der Waals surface area contributed by atoms with Crippen LogP contribution in [0.2, 0.25) is 0 Å². The van der Waals surface area contributed by atoms with Crippen LogP contribution in [0.3, 0.4) is 0 Å². The average molecular weight is 336 g/mol. The summed E-state index contributed by atoms with van der Waals surface area (Å²) < 4.78 is 0.621. The van der Waals surface area contributed by atoms with E-state index in [1.165, 1.54) is 83.5 Å². The minimum Gasteiger partial charge on any atom is -0.371 e. The fourth-order valence-corrected chi connectivity index (χ4v) is 2.81. The molecule has 0 fully saturated rings. The minimum atomic E-state index is 0.621. The van der Waals surface area contributed by atoms with Crippen LogP contribution in [0, 0.1) is 0 Å². The Morgan fingerprint density at radius 3 is 1.35 bits per heavy atom. The molecule has 20 heavy (non-hydrogen) atoms. The van der Waals surface area contributed by atoms with Gasteiger partial charge in [-0.25, -0.2) is 0 Å². The number of thiocarbonyl (C=S) groups is 1. The predicted molar refractivity (Wildman–Crippen MR) is 103 cm³/mol. The molecule has 0 aromatic rings. The first-order chi connectivity index (χ1) is 9.77. The fraction of sp³-hybridized carbons (Fsp3) is 0.938. The monoisotopic (exact) mass is 335 g/mol. The molecule has 0 saturated carbocycles. The molecule has 0 bridgehead atoms. The molecule has 0 aliphatic heterocycles. The maximum absolute atomic E-state index is 4.84. The Labute approximate surface area is 142 Å². The van der Waals surface area contributed by atoms with Crippen molar-refractivity contribution in [2.45, 2.75) is 83.5 Å². The second-order valence-corrected chi connectivity index (χ2v) is 7.16. The molecule has 0 aromatic heterocycles. The van der Waals surface area contributed by atoms with E-state index in [2.05, 4.69) is 30.6 Å². The van der Waals surface area contributed by atoms with Crippen molar-refractivity contribution in [3.8, 4) is 0 Å². The molecule has 0 aliphatic rings. The highest BCUT2D eigenvalue weighted by molar-refractivity contribution is 8.11. The smallest absolute Gasteiger partial charge is 0.130 e. The zero-order valence-electron chi connectivity index (χ0n) is 12.9. The first kappa shape index (κ1) is 20.6. The van der Waals surface area contributed by atoms with Gasteiger partial charge in [-0.1, -0.05) is 82.8 Å². The molecule has 1 N–H and O–H groups in total. The quantitative estimate of drug-likeness (QED) is 0.199. The topological polar surface area (TPSA) is 12.0 Å². The van der Waals surface area contributed by atoms with Crippen LogP contribution >= 0.6 is 37.5 Å². The highest BCUT2D eigenvalue weighted by Gasteiger charge is 1.94. The number of rotatable bonds is 15. The molecular weight excluding hydrogens is 302 g/mol. The van der Waals surface area contributed by atoms with Gasteiger partial charge in [0.25, 0.3) is 0 Å². The predicted octanol–water partition coefficient (Wildman–Crippen LogP) is 5.79. The summed E-state index contributed by atoms with van der Waals surface area (Å²) >= 11 is 13.1. The lowest BCUT2D eigenvalue weighted by molar-refractivity contribution is 0.539. The van der Waals surface area contributed by atoms with E-state index in [-0.39, 0.29) is 0 Å². The van der Waals surface area contributed by atoms with E-state index in [0.717, 1.165) is 12.3 Å². The van der Waals surface area contributed by atoms with Gasteiger partial charge in [-0.2, -0.15) is 12.6 Å². The van der Waals surface area contributed by atoms with Crippen molar-refractivity contribution in [1.82, 2.24) is 5.32 Å². The standard InChI is InChI=1S/C16H33NS3/c18-15-13-11-9-7-5-3-1-2-4-6-8-10-12-14-17-16(19)20/h18H,1-15H2,(H2,17,19,20). The van der Waals surface area contributed by atoms with Gasteiger partial charge in [-0.15, -0.1) is 12.6 Å². The Morgan fingerprint density at radius 1 is 0.650 bits per heavy atom. The van der Waals surface area contributed by atoms with Crippen molar-refractivity contribution >= 4 is 41.8 Å². The zero-order chi connectivity index (χ0) is 14.9. The van der Waals surface area contributed by atoms with E-state index in [4.69, 9.17) is 12.2 Å². The third kappa shape index (κ3) is 18.6. The van der Waals surface area contributed by atoms with Gasteiger partial charge in [0, 0.05) is 6.54 Å². The van der Waals surface area contributed by atoms with Gasteiger partial charge < -0.3 is 5.32 Å². The Kier molecular flexibility index (Phi) is 18.2. The Hall–Kier alpha value is 0.590. The van der Waals surface area contributed by atoms with Crippen molar-refractivity contribution in [1.29, 1.82) is 0 Å². The molecular formula is C16H33NS3. The maximum atomic E-state index is 4.84. The first-order valence-electron chi connectivity index (χ1n) is 8.35. The number of nitrogens with one attached hydrogen (secondary N) is 1. The molecule has 0 spiro atoms. The van der Waals surface area contributed by atoms with Gasteiger partial charge in [-0.05, 0) is 18.6 Å². The molecule has 120 valence electrons. The summed E-state index contributed by atoms with van der Waals surface area (Å²) in [5.41, 5.74) is 0. The van der Waals surface area contributed by atoms with Crippen molar-refractivity contribution < 1.29 is 0 Å². The fourth-order valence-electron chi connectivity index (χ4n) is 2.38. The molecule has 0 atom stereocenters. The minimum absolute atomic E-state index is 0.621. The van der Waals surface area contributed by atoms with Gasteiger partial charge in [0.05, 0.1) is 0 Å². The average Bonchev–Trinajstić information content (AvgIpc) is 2.43. The molecule has 0 rings (SSSR count). The van der Waals surface area contributed by atoms with Crippen LogP contribution in [-0.4, -0.2) is 16.6 Å². The number of hydrogen-bond acceptors (Lipinski definition) is 2. The van der Waals surface area contributed by atoms with E-state index < -0.39 is 0 Å². The Balaban J connectivity index is 2.94. The van der Waals surface area contributed by atoms with Gasteiger partial charge in [0.2, 0.25) is 0 Å². The van der Waals surface area contributed by atoms with E-state index in [1.54, 1.807) is 0 Å². The van der Waals surface area contributed by atoms with Crippen molar-refractivity contribution in [3.63, 3.8) is 0 Å². The van der Waals surface area contributed by atoms with Crippen LogP contribution in [0.25, 0.3) is 0 Å². The van der Waals surface area contributed by atoms with Crippen LogP contribution in [0.4, 0.5) is 0 Å². The molecule has 0 aliphatic carbocycles. The summed E-state index contributed by atoms with van der Waals surface area (Å²) in [7, 11) is 0. The zero-order valence-corrected chi connectivity index (χ0v) is 15.5. The van der Waals surface area contributed by atoms with Gasteiger partial charge in [-0.3, -0.25) is 0 Å². The van der Waals surface area contributed by atoms with E-state index in [1.807, 2.05) is 0 Å². The highest BCUT2D eigenvalue weighted by atomic mass is 32.1. The van der Waals surface area contributed by atoms with Crippen molar-refractivity contribution in [2.75, 3.05) is 12.3 Å². The van der Waals surface area contributed by atoms with Crippen molar-refractivity contribution in [2.24, 2.45) is 0 Å². The van der Waals surface area contributed by atoms with Crippen LogP contribution in [0.5, 0.6) is 0 Å². The second-order valence-electron chi connectivity index (χ2n) is 5.55. The summed E-state index contributed by atoms with van der Waals surface area (Å²) in [4.78, 5) is 0. The lowest BCUT2D eigenvalue weighted by atomic mass is 10.0. The summed E-state index contributed by atoms with van der Waals surface area (Å²) in [5.74, 6) is 1.05. The Bertz CT molecular complexity index is 210. The SMILES string of the molecule is S=C(S)NCCCCCCCCCCCCCCCS. The largest absolute Gasteiger partial charge is 0.371 e. The number of unbranched alkanes of at least 4 members (excludes halogenated alkanes) is 12. The van der Waals surface area contributed by atoms with Crippen LogP contribution < -0.4 is 5.32 Å². The van der Waals surface area contributed by atoms with Gasteiger partial charge >= 0.3 is 0 Å². The van der Waals surface area contributed by atoms with E-state index in [9.17, 15) is 0 Å². The lowest BCUT2D eigenvalue weighted by Crippen LogP contribution is -2.17. The number of thiol groups is 2. The normalized spacial score (nSPS) is 10.7. The maximum Gasteiger partial charge on any atom is 0.130 e. The molecule has 0 heterocycles. The van der Waals surface area contributed by atoms with Crippen LogP contribution in [0.1, 0.15) is 83.5 Å². The third-order valence-corrected chi connectivity index (χ3v) is 4.23. The van der Waals surface area contributed by atoms with Gasteiger partial charge in [0.1, 0.15) is 4.32 Å². The van der Waals surface area contributed by atoms with E-state index >= 15 is 0 Å². The Morgan fingerprint density at radius 2 is 1.00 bits per heavy atom. The van der Waals surface area contributed by atoms with Crippen molar-refractivity contribution in [3.05, 3.63) is 0 Å². The molecule has 0 saturated heterocycles. The molecule has 1 nitrogen and oxygen atoms in total. The third-order valence-electron chi connectivity index (χ3n) is 3.61. The highest BCUT2D eigenvalue weighted by Crippen LogP contribution is 2.12. The molecule has 0 unspecified atom stereocenters. The number of hydrogen-bond donors (Lipinski definition) is 3. The van der Waals surface area contributed by atoms with Crippen LogP contribution in [0.15, 0.2) is 0 Å². The van der Waals surface area contributed by atoms with Gasteiger partial charge in [0.15, 0.2) is 0 Å². The first-order valence-corrected chi connectivity index (χ1v) is 9.84. The second kappa shape index (κ2) is 17.6. The lowest BCUT2D eigenvalue weighted by Gasteiger charge is -2.04. The molecule has 0 radical (unpaired) electrons.